The molecular weight excluding hydrogens is 264 g/mol. The van der Waals surface area contributed by atoms with Crippen LogP contribution in [0.15, 0.2) is 24.3 Å². The molecule has 1 aromatic carbocycles. The lowest BCUT2D eigenvalue weighted by molar-refractivity contribution is -0.127. The third-order valence-corrected chi connectivity index (χ3v) is 3.35. The zero-order chi connectivity index (χ0) is 15.5. The van der Waals surface area contributed by atoms with Crippen molar-refractivity contribution in [3.05, 3.63) is 29.8 Å². The quantitative estimate of drug-likeness (QED) is 0.847. The molecule has 0 aliphatic heterocycles. The Balaban J connectivity index is 1.82. The second-order valence-corrected chi connectivity index (χ2v) is 6.79. The Kier molecular flexibility index (Phi) is 4.88. The number of hydrogen-bond acceptors (Lipinski definition) is 3. The first-order valence-electron chi connectivity index (χ1n) is 7.64. The fourth-order valence-corrected chi connectivity index (χ4v) is 1.86. The summed E-state index contributed by atoms with van der Waals surface area (Å²) in [4.78, 5) is 11.8. The zero-order valence-corrected chi connectivity index (χ0v) is 13.4. The first-order chi connectivity index (χ1) is 9.83. The van der Waals surface area contributed by atoms with E-state index in [1.54, 1.807) is 6.92 Å². The highest BCUT2D eigenvalue weighted by atomic mass is 16.5. The van der Waals surface area contributed by atoms with Gasteiger partial charge in [0.1, 0.15) is 5.75 Å². The lowest BCUT2D eigenvalue weighted by Gasteiger charge is -2.20. The Morgan fingerprint density at radius 2 is 1.90 bits per heavy atom. The smallest absolute Gasteiger partial charge is 0.260 e. The minimum absolute atomic E-state index is 0.0315. The van der Waals surface area contributed by atoms with E-state index < -0.39 is 6.10 Å². The van der Waals surface area contributed by atoms with Crippen molar-refractivity contribution in [3.63, 3.8) is 0 Å². The first kappa shape index (κ1) is 15.8. The van der Waals surface area contributed by atoms with Gasteiger partial charge >= 0.3 is 0 Å². The van der Waals surface area contributed by atoms with Crippen LogP contribution in [0.1, 0.15) is 46.1 Å². The van der Waals surface area contributed by atoms with Crippen molar-refractivity contribution in [2.24, 2.45) is 0 Å². The molecule has 1 amide bonds. The van der Waals surface area contributed by atoms with Crippen LogP contribution >= 0.6 is 0 Å². The number of carbonyl (C=O) groups excluding carboxylic acids is 1. The van der Waals surface area contributed by atoms with Crippen LogP contribution in [0.2, 0.25) is 0 Å². The highest BCUT2D eigenvalue weighted by molar-refractivity contribution is 5.81. The van der Waals surface area contributed by atoms with E-state index in [-0.39, 0.29) is 11.4 Å². The number of hydrogen-bond donors (Lipinski definition) is 2. The van der Waals surface area contributed by atoms with E-state index in [1.165, 1.54) is 5.56 Å². The van der Waals surface area contributed by atoms with Gasteiger partial charge in [0, 0.05) is 18.1 Å². The van der Waals surface area contributed by atoms with Gasteiger partial charge in [-0.25, -0.2) is 0 Å². The van der Waals surface area contributed by atoms with E-state index in [4.69, 9.17) is 4.74 Å². The highest BCUT2D eigenvalue weighted by Gasteiger charge is 2.26. The maximum Gasteiger partial charge on any atom is 0.260 e. The minimum Gasteiger partial charge on any atom is -0.481 e. The van der Waals surface area contributed by atoms with Gasteiger partial charge in [-0.3, -0.25) is 4.79 Å². The Labute approximate surface area is 127 Å². The van der Waals surface area contributed by atoms with Crippen molar-refractivity contribution < 1.29 is 9.53 Å². The normalized spacial score (nSPS) is 16.4. The second-order valence-electron chi connectivity index (χ2n) is 6.79. The van der Waals surface area contributed by atoms with Crippen molar-refractivity contribution in [1.82, 2.24) is 10.6 Å². The van der Waals surface area contributed by atoms with Crippen molar-refractivity contribution in [2.75, 3.05) is 0 Å². The van der Waals surface area contributed by atoms with Gasteiger partial charge in [-0.05, 0) is 58.2 Å². The van der Waals surface area contributed by atoms with Crippen LogP contribution in [0.25, 0.3) is 0 Å². The summed E-state index contributed by atoms with van der Waals surface area (Å²) >= 11 is 0. The van der Waals surface area contributed by atoms with Gasteiger partial charge in [-0.15, -0.1) is 0 Å². The van der Waals surface area contributed by atoms with Gasteiger partial charge in [-0.2, -0.15) is 0 Å². The molecule has 0 aromatic heterocycles. The summed E-state index contributed by atoms with van der Waals surface area (Å²) in [6, 6.07) is 8.26. The third-order valence-electron chi connectivity index (χ3n) is 3.35. The summed E-state index contributed by atoms with van der Waals surface area (Å²) in [5, 5.41) is 6.39. The summed E-state index contributed by atoms with van der Waals surface area (Å²) < 4.78 is 5.67. The second kappa shape index (κ2) is 6.48. The van der Waals surface area contributed by atoms with Gasteiger partial charge in [0.2, 0.25) is 0 Å². The molecule has 1 fully saturated rings. The topological polar surface area (TPSA) is 50.4 Å². The molecule has 0 saturated heterocycles. The fourth-order valence-electron chi connectivity index (χ4n) is 1.86. The summed E-state index contributed by atoms with van der Waals surface area (Å²) in [5.74, 6) is 0.698. The van der Waals surface area contributed by atoms with Gasteiger partial charge in [-0.1, -0.05) is 12.1 Å². The Hall–Kier alpha value is -1.55. The van der Waals surface area contributed by atoms with Gasteiger partial charge < -0.3 is 15.4 Å². The number of carbonyl (C=O) groups is 1. The number of amides is 1. The Bertz CT molecular complexity index is 473. The number of ether oxygens (including phenoxy) is 1. The van der Waals surface area contributed by atoms with E-state index in [0.717, 1.165) is 25.1 Å². The number of benzene rings is 1. The molecule has 2 N–H and O–H groups in total. The summed E-state index contributed by atoms with van der Waals surface area (Å²) in [6.07, 6.45) is 1.73. The Morgan fingerprint density at radius 1 is 1.29 bits per heavy atom. The van der Waals surface area contributed by atoms with E-state index >= 15 is 0 Å². The standard InChI is InChI=1S/C17H26N2O2/c1-12(16(20)19-14-7-8-14)21-15-9-5-13(6-10-15)11-18-17(2,3)4/h5-6,9-10,12,14,18H,7-8,11H2,1-4H3,(H,19,20). The summed E-state index contributed by atoms with van der Waals surface area (Å²) in [6.45, 7) is 9.04. The lowest BCUT2D eigenvalue weighted by Crippen LogP contribution is -2.37. The molecule has 0 spiro atoms. The summed E-state index contributed by atoms with van der Waals surface area (Å²) in [7, 11) is 0. The van der Waals surface area contributed by atoms with E-state index in [1.807, 2.05) is 24.3 Å². The molecule has 0 heterocycles. The molecule has 1 aliphatic rings. The number of rotatable bonds is 6. The van der Waals surface area contributed by atoms with Crippen LogP contribution in [-0.2, 0) is 11.3 Å². The van der Waals surface area contributed by atoms with E-state index in [9.17, 15) is 4.79 Å². The number of nitrogens with one attached hydrogen (secondary N) is 2. The molecule has 2 rings (SSSR count). The fraction of sp³-hybridized carbons (Fsp3) is 0.588. The SMILES string of the molecule is CC(Oc1ccc(CNC(C)(C)C)cc1)C(=O)NC1CC1. The molecule has 0 bridgehead atoms. The van der Waals surface area contributed by atoms with Crippen LogP contribution in [0.4, 0.5) is 0 Å². The van der Waals surface area contributed by atoms with Crippen LogP contribution in [0.5, 0.6) is 5.75 Å². The van der Waals surface area contributed by atoms with Crippen molar-refractivity contribution in [2.45, 2.75) is 64.8 Å². The highest BCUT2D eigenvalue weighted by Crippen LogP contribution is 2.19. The maximum absolute atomic E-state index is 11.8. The van der Waals surface area contributed by atoms with Crippen LogP contribution in [0, 0.1) is 0 Å². The molecule has 4 heteroatoms. The first-order valence-corrected chi connectivity index (χ1v) is 7.64. The lowest BCUT2D eigenvalue weighted by atomic mass is 10.1. The summed E-state index contributed by atoms with van der Waals surface area (Å²) in [5.41, 5.74) is 1.30. The molecule has 1 atom stereocenters. The predicted molar refractivity (Wildman–Crippen MR) is 84.3 cm³/mol. The Morgan fingerprint density at radius 3 is 2.43 bits per heavy atom. The molecule has 4 nitrogen and oxygen atoms in total. The average molecular weight is 290 g/mol. The monoisotopic (exact) mass is 290 g/mol. The van der Waals surface area contributed by atoms with Crippen molar-refractivity contribution in [1.29, 1.82) is 0 Å². The molecule has 1 aliphatic carbocycles. The molecule has 1 saturated carbocycles. The van der Waals surface area contributed by atoms with Crippen molar-refractivity contribution in [3.8, 4) is 5.75 Å². The van der Waals surface area contributed by atoms with Crippen molar-refractivity contribution >= 4 is 5.91 Å². The average Bonchev–Trinajstić information content (AvgIpc) is 3.21. The van der Waals surface area contributed by atoms with E-state index in [2.05, 4.69) is 31.4 Å². The zero-order valence-electron chi connectivity index (χ0n) is 13.4. The van der Waals surface area contributed by atoms with E-state index in [0.29, 0.717) is 6.04 Å². The van der Waals surface area contributed by atoms with Gasteiger partial charge in [0.25, 0.3) is 5.91 Å². The molecule has 21 heavy (non-hydrogen) atoms. The minimum atomic E-state index is -0.454. The molecule has 1 unspecified atom stereocenters. The molecule has 0 radical (unpaired) electrons. The predicted octanol–water partition coefficient (Wildman–Crippen LogP) is 2.62. The third kappa shape index (κ3) is 5.76. The largest absolute Gasteiger partial charge is 0.481 e. The molecular formula is C17H26N2O2. The van der Waals surface area contributed by atoms with Gasteiger partial charge in [0.15, 0.2) is 6.10 Å². The maximum atomic E-state index is 11.8. The van der Waals surface area contributed by atoms with Gasteiger partial charge in [0.05, 0.1) is 0 Å². The molecule has 116 valence electrons. The van der Waals surface area contributed by atoms with Crippen LogP contribution in [-0.4, -0.2) is 23.6 Å². The van der Waals surface area contributed by atoms with Crippen LogP contribution < -0.4 is 15.4 Å². The van der Waals surface area contributed by atoms with Crippen LogP contribution in [0.3, 0.4) is 0 Å². The molecule has 1 aromatic rings.